The molecule has 0 aliphatic rings. The lowest BCUT2D eigenvalue weighted by atomic mass is 10.1. The summed E-state index contributed by atoms with van der Waals surface area (Å²) in [5.74, 6) is 0.271. The maximum atomic E-state index is 12.2. The number of carbonyl (C=O) groups excluding carboxylic acids is 1. The van der Waals surface area contributed by atoms with Crippen molar-refractivity contribution in [2.24, 2.45) is 0 Å². The average molecular weight is 248 g/mol. The Morgan fingerprint density at radius 1 is 1.29 bits per heavy atom. The van der Waals surface area contributed by atoms with Crippen LogP contribution in [0.15, 0.2) is 42.6 Å². The summed E-state index contributed by atoms with van der Waals surface area (Å²) in [4.78, 5) is 16.2. The lowest BCUT2D eigenvalue weighted by Gasteiger charge is -2.07. The monoisotopic (exact) mass is 247 g/mol. The first-order valence-electron chi connectivity index (χ1n) is 5.01. The van der Waals surface area contributed by atoms with Crippen molar-refractivity contribution < 1.29 is 9.53 Å². The molecular weight excluding hydrogens is 238 g/mol. The number of hydrogen-bond donors (Lipinski definition) is 0. The van der Waals surface area contributed by atoms with E-state index in [9.17, 15) is 4.79 Å². The number of carbonyl (C=O) groups is 1. The third-order valence-corrected chi connectivity index (χ3v) is 2.54. The van der Waals surface area contributed by atoms with Gasteiger partial charge in [0.2, 0.25) is 5.78 Å². The number of halogens is 1. The molecule has 2 rings (SSSR count). The minimum Gasteiger partial charge on any atom is -0.496 e. The molecule has 2 aromatic rings. The van der Waals surface area contributed by atoms with Gasteiger partial charge in [-0.1, -0.05) is 17.7 Å². The summed E-state index contributed by atoms with van der Waals surface area (Å²) in [5, 5.41) is 0.527. The lowest BCUT2D eigenvalue weighted by Crippen LogP contribution is -2.05. The number of hydrogen-bond acceptors (Lipinski definition) is 3. The zero-order valence-electron chi connectivity index (χ0n) is 9.18. The average Bonchev–Trinajstić information content (AvgIpc) is 2.39. The molecule has 0 fully saturated rings. The van der Waals surface area contributed by atoms with Gasteiger partial charge in [0.15, 0.2) is 0 Å². The zero-order valence-corrected chi connectivity index (χ0v) is 9.94. The fourth-order valence-electron chi connectivity index (χ4n) is 1.49. The van der Waals surface area contributed by atoms with Gasteiger partial charge in [-0.25, -0.2) is 0 Å². The molecule has 0 amide bonds. The van der Waals surface area contributed by atoms with Gasteiger partial charge in [0.25, 0.3) is 0 Å². The highest BCUT2D eigenvalue weighted by Gasteiger charge is 2.15. The number of benzene rings is 1. The second kappa shape index (κ2) is 4.97. The Bertz CT molecular complexity index is 540. The summed E-state index contributed by atoms with van der Waals surface area (Å²) in [6.07, 6.45) is 1.58. The Morgan fingerprint density at radius 3 is 2.76 bits per heavy atom. The molecule has 0 N–H and O–H groups in total. The second-order valence-electron chi connectivity index (χ2n) is 3.39. The van der Waals surface area contributed by atoms with Crippen molar-refractivity contribution in [2.45, 2.75) is 0 Å². The van der Waals surface area contributed by atoms with Crippen molar-refractivity contribution in [3.8, 4) is 5.75 Å². The molecule has 0 spiro atoms. The summed E-state index contributed by atoms with van der Waals surface area (Å²) < 4.78 is 5.14. The van der Waals surface area contributed by atoms with Gasteiger partial charge in [0.05, 0.1) is 12.7 Å². The molecule has 0 bridgehead atoms. The highest BCUT2D eigenvalue weighted by molar-refractivity contribution is 6.31. The largest absolute Gasteiger partial charge is 0.496 e. The molecule has 0 aliphatic carbocycles. The molecule has 1 heterocycles. The highest BCUT2D eigenvalue weighted by Crippen LogP contribution is 2.24. The molecule has 4 heteroatoms. The first-order chi connectivity index (χ1) is 8.22. The van der Waals surface area contributed by atoms with Crippen molar-refractivity contribution in [1.82, 2.24) is 4.98 Å². The van der Waals surface area contributed by atoms with Crippen LogP contribution in [0.3, 0.4) is 0 Å². The van der Waals surface area contributed by atoms with E-state index in [1.54, 1.807) is 42.6 Å². The van der Waals surface area contributed by atoms with Crippen LogP contribution in [0.4, 0.5) is 0 Å². The molecule has 0 saturated carbocycles. The summed E-state index contributed by atoms with van der Waals surface area (Å²) in [7, 11) is 1.50. The van der Waals surface area contributed by atoms with E-state index in [0.29, 0.717) is 22.0 Å². The van der Waals surface area contributed by atoms with Gasteiger partial charge in [-0.05, 0) is 30.3 Å². The topological polar surface area (TPSA) is 39.2 Å². The maximum absolute atomic E-state index is 12.2. The number of pyridine rings is 1. The molecule has 0 radical (unpaired) electrons. The van der Waals surface area contributed by atoms with Gasteiger partial charge in [-0.2, -0.15) is 0 Å². The fraction of sp³-hybridized carbons (Fsp3) is 0.0769. The van der Waals surface area contributed by atoms with E-state index in [4.69, 9.17) is 16.3 Å². The van der Waals surface area contributed by atoms with Gasteiger partial charge >= 0.3 is 0 Å². The van der Waals surface area contributed by atoms with E-state index in [2.05, 4.69) is 4.98 Å². The van der Waals surface area contributed by atoms with Gasteiger partial charge in [-0.3, -0.25) is 9.78 Å². The van der Waals surface area contributed by atoms with Crippen LogP contribution in [-0.2, 0) is 0 Å². The van der Waals surface area contributed by atoms with Gasteiger partial charge in [0.1, 0.15) is 11.4 Å². The van der Waals surface area contributed by atoms with Gasteiger partial charge in [0, 0.05) is 11.2 Å². The van der Waals surface area contributed by atoms with Crippen molar-refractivity contribution >= 4 is 17.4 Å². The van der Waals surface area contributed by atoms with Crippen LogP contribution in [-0.4, -0.2) is 17.9 Å². The molecule has 0 saturated heterocycles. The first kappa shape index (κ1) is 11.6. The highest BCUT2D eigenvalue weighted by atomic mass is 35.5. The Morgan fingerprint density at radius 2 is 2.12 bits per heavy atom. The summed E-state index contributed by atoms with van der Waals surface area (Å²) in [5.41, 5.74) is 0.837. The van der Waals surface area contributed by atoms with Crippen LogP contribution >= 0.6 is 11.6 Å². The number of ketones is 1. The molecular formula is C13H10ClNO2. The molecule has 0 aliphatic heterocycles. The number of nitrogens with zero attached hydrogens (tertiary/aromatic N) is 1. The van der Waals surface area contributed by atoms with Crippen LogP contribution in [0.25, 0.3) is 0 Å². The number of methoxy groups -OCH3 is 1. The normalized spacial score (nSPS) is 10.0. The third kappa shape index (κ3) is 2.45. The van der Waals surface area contributed by atoms with E-state index in [-0.39, 0.29) is 5.78 Å². The van der Waals surface area contributed by atoms with E-state index in [1.165, 1.54) is 7.11 Å². The maximum Gasteiger partial charge on any atom is 0.215 e. The zero-order chi connectivity index (χ0) is 12.3. The smallest absolute Gasteiger partial charge is 0.215 e. The standard InChI is InChI=1S/C13H10ClNO2/c1-17-12-8-9(14)5-6-10(12)13(16)11-4-2-3-7-15-11/h2-8H,1H3. The Labute approximate surface area is 104 Å². The van der Waals surface area contributed by atoms with Crippen LogP contribution in [0, 0.1) is 0 Å². The van der Waals surface area contributed by atoms with Crippen LogP contribution in [0.5, 0.6) is 5.75 Å². The number of ether oxygens (including phenoxy) is 1. The van der Waals surface area contributed by atoms with Crippen LogP contribution in [0.1, 0.15) is 16.1 Å². The summed E-state index contributed by atoms with van der Waals surface area (Å²) in [6, 6.07) is 10.1. The lowest BCUT2D eigenvalue weighted by molar-refractivity contribution is 0.103. The SMILES string of the molecule is COc1cc(Cl)ccc1C(=O)c1ccccn1. The van der Waals surface area contributed by atoms with E-state index >= 15 is 0 Å². The minimum absolute atomic E-state index is 0.181. The number of rotatable bonds is 3. The molecule has 17 heavy (non-hydrogen) atoms. The minimum atomic E-state index is -0.181. The second-order valence-corrected chi connectivity index (χ2v) is 3.83. The van der Waals surface area contributed by atoms with E-state index in [0.717, 1.165) is 0 Å². The molecule has 1 aromatic heterocycles. The molecule has 86 valence electrons. The fourth-order valence-corrected chi connectivity index (χ4v) is 1.65. The van der Waals surface area contributed by atoms with Crippen LogP contribution in [0.2, 0.25) is 5.02 Å². The quantitative estimate of drug-likeness (QED) is 0.783. The van der Waals surface area contributed by atoms with Crippen molar-refractivity contribution in [3.05, 3.63) is 58.9 Å². The summed E-state index contributed by atoms with van der Waals surface area (Å²) >= 11 is 5.84. The van der Waals surface area contributed by atoms with Gasteiger partial charge < -0.3 is 4.74 Å². The predicted octanol–water partition coefficient (Wildman–Crippen LogP) is 2.97. The van der Waals surface area contributed by atoms with Crippen molar-refractivity contribution in [2.75, 3.05) is 7.11 Å². The third-order valence-electron chi connectivity index (χ3n) is 2.31. The predicted molar refractivity (Wildman–Crippen MR) is 65.7 cm³/mol. The van der Waals surface area contributed by atoms with Crippen molar-refractivity contribution in [1.29, 1.82) is 0 Å². The Kier molecular flexibility index (Phi) is 3.40. The number of aromatic nitrogens is 1. The summed E-state index contributed by atoms with van der Waals surface area (Å²) in [6.45, 7) is 0. The van der Waals surface area contributed by atoms with E-state index < -0.39 is 0 Å². The first-order valence-corrected chi connectivity index (χ1v) is 5.39. The molecule has 0 atom stereocenters. The van der Waals surface area contributed by atoms with E-state index in [1.807, 2.05) is 0 Å². The molecule has 0 unspecified atom stereocenters. The Hall–Kier alpha value is -1.87. The molecule has 3 nitrogen and oxygen atoms in total. The van der Waals surface area contributed by atoms with Crippen LogP contribution < -0.4 is 4.74 Å². The molecule has 1 aromatic carbocycles. The Balaban J connectivity index is 2.44. The van der Waals surface area contributed by atoms with Gasteiger partial charge in [-0.15, -0.1) is 0 Å². The van der Waals surface area contributed by atoms with Crippen molar-refractivity contribution in [3.63, 3.8) is 0 Å².